The van der Waals surface area contributed by atoms with Crippen LogP contribution in [-0.2, 0) is 57.1 Å². The second kappa shape index (κ2) is 40.2. The largest absolute Gasteiger partial charge is 0.481 e. The highest BCUT2D eigenvalue weighted by molar-refractivity contribution is 7.58. The summed E-state index contributed by atoms with van der Waals surface area (Å²) in [5.74, 6) is -8.24. The predicted octanol–water partition coefficient (Wildman–Crippen LogP) is 0.140. The topological polar surface area (TPSA) is 489 Å². The highest BCUT2D eigenvalue weighted by Crippen LogP contribution is 2.43. The van der Waals surface area contributed by atoms with Crippen LogP contribution >= 0.6 is 15.0 Å². The van der Waals surface area contributed by atoms with Gasteiger partial charge in [0, 0.05) is 43.7 Å². The standard InChI is InChI=1S/2C9H16N2O5.C9H20NO4P.C6H13O5P.CO2.CH4/c1-5(2-3-8(13)14)11-7(12)4-6(10)9(15)16;1-5(2-3-7(12)13)11-9(16)6(10)4-8(14)15;1-2-4-8(9(11)12)7-15(13,14)6-3-5-10;1-5(2-3-6(7)8)4-12(9,10)11;2-1-3;/h5-6H,2-4,10H2,1H3,(H,11,12)(H,13,14)(H,15,16);5-6H,2-4,10H2,1H3,(H,11,16)(H,12,13)(H,14,15);8H,2-7,10H2,1H3,(H,11,12)(H,13,14);5H,2-4H2,1H3,(H,7,8)(H2,9,10,11);;1H4/t2*5?,6-;;;;/m00..../s1. The van der Waals surface area contributed by atoms with Gasteiger partial charge in [0.05, 0.1) is 31.0 Å². The van der Waals surface area contributed by atoms with E-state index in [0.717, 1.165) is 0 Å². The zero-order valence-electron chi connectivity index (χ0n) is 35.1. The molecule has 0 aromatic rings. The molecule has 0 saturated carbocycles. The van der Waals surface area contributed by atoms with Crippen molar-refractivity contribution in [2.45, 2.75) is 130 Å². The molecule has 0 aliphatic heterocycles. The van der Waals surface area contributed by atoms with Crippen LogP contribution in [0.4, 0.5) is 0 Å². The lowest BCUT2D eigenvalue weighted by Gasteiger charge is -2.16. The summed E-state index contributed by atoms with van der Waals surface area (Å²) in [6.45, 7) is 7.12. The van der Waals surface area contributed by atoms with Crippen molar-refractivity contribution in [2.24, 2.45) is 29.0 Å². The maximum atomic E-state index is 11.6. The molecule has 0 aliphatic carbocycles. The molecular weight excluding hydrogens is 888 g/mol. The van der Waals surface area contributed by atoms with Gasteiger partial charge in [-0.15, -0.1) is 0 Å². The van der Waals surface area contributed by atoms with E-state index in [9.17, 15) is 52.4 Å². The van der Waals surface area contributed by atoms with Crippen molar-refractivity contribution in [3.8, 4) is 0 Å². The van der Waals surface area contributed by atoms with Gasteiger partial charge in [-0.2, -0.15) is 9.59 Å². The first kappa shape index (κ1) is 70.0. The molecule has 5 unspecified atom stereocenters. The molecule has 0 aliphatic rings. The van der Waals surface area contributed by atoms with E-state index in [1.54, 1.807) is 20.8 Å². The van der Waals surface area contributed by atoms with Crippen molar-refractivity contribution in [3.05, 3.63) is 0 Å². The number of aliphatic carboxylic acids is 6. The van der Waals surface area contributed by atoms with Crippen LogP contribution in [-0.4, -0.2) is 148 Å². The Morgan fingerprint density at radius 1 is 0.635 bits per heavy atom. The summed E-state index contributed by atoms with van der Waals surface area (Å²) in [6.07, 6.45) is 1.59. The molecule has 370 valence electrons. The number of rotatable bonds is 27. The normalized spacial score (nSPS) is 13.9. The Hall–Kier alpha value is -4.64. The van der Waals surface area contributed by atoms with E-state index in [1.165, 1.54) is 0 Å². The van der Waals surface area contributed by atoms with E-state index in [0.29, 0.717) is 38.6 Å². The Morgan fingerprint density at radius 3 is 1.41 bits per heavy atom. The second-order valence-corrected chi connectivity index (χ2v) is 18.0. The number of hydrogen-bond acceptors (Lipinski definition) is 15. The molecule has 0 radical (unpaired) electrons. The monoisotopic (exact) mass is 957 g/mol. The maximum Gasteiger partial charge on any atom is 0.373 e. The third-order valence-electron chi connectivity index (χ3n) is 7.44. The smallest absolute Gasteiger partial charge is 0.373 e. The molecule has 0 heterocycles. The van der Waals surface area contributed by atoms with Gasteiger partial charge < -0.3 is 73.2 Å². The summed E-state index contributed by atoms with van der Waals surface area (Å²) in [4.78, 5) is 127. The van der Waals surface area contributed by atoms with E-state index in [2.05, 4.69) is 10.6 Å². The lowest BCUT2D eigenvalue weighted by Crippen LogP contribution is -2.45. The van der Waals surface area contributed by atoms with Crippen LogP contribution in [0.15, 0.2) is 0 Å². The van der Waals surface area contributed by atoms with Crippen LogP contribution in [0.1, 0.15) is 106 Å². The molecule has 0 bridgehead atoms. The van der Waals surface area contributed by atoms with E-state index < -0.39 is 87.0 Å². The van der Waals surface area contributed by atoms with Crippen molar-refractivity contribution in [1.82, 2.24) is 10.6 Å². The second-order valence-electron chi connectivity index (χ2n) is 13.8. The molecule has 0 saturated heterocycles. The Balaban J connectivity index is -0.000000168. The highest BCUT2D eigenvalue weighted by atomic mass is 31.2. The molecule has 26 nitrogen and oxygen atoms in total. The summed E-state index contributed by atoms with van der Waals surface area (Å²) < 4.78 is 22.0. The number of hydrogen-bond donors (Lipinski definition) is 14. The fourth-order valence-electron chi connectivity index (χ4n) is 4.36. The fraction of sp³-hybridized carbons (Fsp3) is 0.743. The zero-order chi connectivity index (χ0) is 49.8. The molecular formula is C35H69N5O21P2. The number of nitrogens with two attached hydrogens (primary N) is 3. The van der Waals surface area contributed by atoms with Gasteiger partial charge in [0.15, 0.2) is 0 Å². The lowest BCUT2D eigenvalue weighted by molar-refractivity contribution is -0.192. The Bertz CT molecular complexity index is 1510. The number of carbonyl (C=O) groups excluding carboxylic acids is 4. The first-order valence-electron chi connectivity index (χ1n) is 18.8. The lowest BCUT2D eigenvalue weighted by atomic mass is 10.1. The first-order chi connectivity index (χ1) is 28.3. The summed E-state index contributed by atoms with van der Waals surface area (Å²) >= 11 is 0. The first-order valence-corrected chi connectivity index (χ1v) is 22.6. The van der Waals surface area contributed by atoms with Gasteiger partial charge in [-0.05, 0) is 58.4 Å². The highest BCUT2D eigenvalue weighted by Gasteiger charge is 2.27. The van der Waals surface area contributed by atoms with Crippen molar-refractivity contribution < 1.29 is 102 Å². The van der Waals surface area contributed by atoms with Crippen LogP contribution < -0.4 is 27.8 Å². The average molecular weight is 958 g/mol. The molecule has 0 fully saturated rings. The molecule has 0 aromatic heterocycles. The molecule has 0 aromatic carbocycles. The van der Waals surface area contributed by atoms with Gasteiger partial charge in [0.1, 0.15) is 6.04 Å². The molecule has 0 rings (SSSR count). The number of nitrogens with one attached hydrogen (secondary N) is 2. The molecule has 17 N–H and O–H groups in total. The molecule has 0 spiro atoms. The van der Waals surface area contributed by atoms with Gasteiger partial charge in [0.25, 0.3) is 0 Å². The van der Waals surface area contributed by atoms with Crippen LogP contribution in [0.25, 0.3) is 0 Å². The van der Waals surface area contributed by atoms with Gasteiger partial charge in [-0.1, -0.05) is 27.7 Å². The number of carboxylic acid groups (broad SMARTS) is 6. The summed E-state index contributed by atoms with van der Waals surface area (Å²) in [5, 5.41) is 55.7. The quantitative estimate of drug-likeness (QED) is 0.0487. The van der Waals surface area contributed by atoms with E-state index >= 15 is 0 Å². The van der Waals surface area contributed by atoms with Crippen LogP contribution in [0, 0.1) is 11.8 Å². The van der Waals surface area contributed by atoms with Gasteiger partial charge in [-0.3, -0.25) is 47.5 Å². The Morgan fingerprint density at radius 2 is 1.06 bits per heavy atom. The molecule has 28 heteroatoms. The van der Waals surface area contributed by atoms with E-state index in [-0.39, 0.29) is 82.2 Å². The predicted molar refractivity (Wildman–Crippen MR) is 223 cm³/mol. The van der Waals surface area contributed by atoms with Crippen LogP contribution in [0.2, 0.25) is 0 Å². The summed E-state index contributed by atoms with van der Waals surface area (Å²) in [6, 6.07) is -3.00. The minimum atomic E-state index is -3.97. The van der Waals surface area contributed by atoms with Crippen molar-refractivity contribution in [1.29, 1.82) is 0 Å². The Labute approximate surface area is 365 Å². The van der Waals surface area contributed by atoms with Crippen molar-refractivity contribution >= 4 is 68.7 Å². The van der Waals surface area contributed by atoms with Crippen LogP contribution in [0.3, 0.4) is 0 Å². The van der Waals surface area contributed by atoms with Crippen molar-refractivity contribution in [2.75, 3.05) is 25.0 Å². The van der Waals surface area contributed by atoms with Gasteiger partial charge in [0.2, 0.25) is 19.2 Å². The summed E-state index contributed by atoms with van der Waals surface area (Å²) in [5.41, 5.74) is 15.7. The molecule has 2 amide bonds. The van der Waals surface area contributed by atoms with Gasteiger partial charge in [-0.25, -0.2) is 0 Å². The third-order valence-corrected chi connectivity index (χ3v) is 10.6. The maximum absolute atomic E-state index is 11.6. The van der Waals surface area contributed by atoms with E-state index in [1.807, 2.05) is 6.92 Å². The molecule has 7 atom stereocenters. The number of carboxylic acids is 6. The van der Waals surface area contributed by atoms with Crippen molar-refractivity contribution in [3.63, 3.8) is 0 Å². The summed E-state index contributed by atoms with van der Waals surface area (Å²) in [7, 11) is -7.28. The van der Waals surface area contributed by atoms with E-state index in [4.69, 9.17) is 67.2 Å². The fourth-order valence-corrected chi connectivity index (χ4v) is 7.24. The SMILES string of the molecule is C.CC(CCC(=O)O)CP(=O)(O)O.CC(CCC(=O)O)NC(=O)C[C@H](N)C(=O)O.CC(CCC(=O)O)NC(=O)[C@@H](N)CC(=O)O.CCCC(CP(=O)(O)CCCN)C(=O)O.O=C=O. The average Bonchev–Trinajstić information content (AvgIpc) is 3.11. The minimum absolute atomic E-state index is 0. The Kier molecular flexibility index (Phi) is 44.6. The van der Waals surface area contributed by atoms with Crippen LogP contribution in [0.5, 0.6) is 0 Å². The third kappa shape index (κ3) is 55.3. The van der Waals surface area contributed by atoms with Gasteiger partial charge >= 0.3 is 49.6 Å². The minimum Gasteiger partial charge on any atom is -0.481 e. The number of carbonyl (C=O) groups is 8. The number of amides is 2. The zero-order valence-corrected chi connectivity index (χ0v) is 36.9. The molecule has 63 heavy (non-hydrogen) atoms.